The Morgan fingerprint density at radius 1 is 1.21 bits per heavy atom. The summed E-state index contributed by atoms with van der Waals surface area (Å²) in [6.07, 6.45) is -2.96. The quantitative estimate of drug-likeness (QED) is 0.786. The van der Waals surface area contributed by atoms with E-state index in [2.05, 4.69) is 4.72 Å². The highest BCUT2D eigenvalue weighted by Gasteiger charge is 2.36. The van der Waals surface area contributed by atoms with Crippen molar-refractivity contribution in [3.05, 3.63) is 59.2 Å². The zero-order chi connectivity index (χ0) is 20.6. The molecule has 0 unspecified atom stereocenters. The van der Waals surface area contributed by atoms with Crippen LogP contribution < -0.4 is 9.46 Å². The van der Waals surface area contributed by atoms with Crippen LogP contribution in [0, 0.1) is 0 Å². The van der Waals surface area contributed by atoms with Crippen molar-refractivity contribution in [3.63, 3.8) is 0 Å². The maximum atomic E-state index is 12.9. The highest BCUT2D eigenvalue weighted by Crippen LogP contribution is 2.37. The van der Waals surface area contributed by atoms with Gasteiger partial charge in [-0.05, 0) is 60.7 Å². The van der Waals surface area contributed by atoms with Crippen molar-refractivity contribution in [1.82, 2.24) is 4.72 Å². The number of aliphatic hydroxyl groups is 1. The van der Waals surface area contributed by atoms with Gasteiger partial charge in [0.05, 0.1) is 17.6 Å². The number of halogens is 3. The van der Waals surface area contributed by atoms with Crippen molar-refractivity contribution in [2.75, 3.05) is 13.7 Å². The lowest BCUT2D eigenvalue weighted by atomic mass is 9.79. The predicted octanol–water partition coefficient (Wildman–Crippen LogP) is 3.22. The van der Waals surface area contributed by atoms with Gasteiger partial charge >= 0.3 is 6.18 Å². The third kappa shape index (κ3) is 4.16. The number of aryl methyl sites for hydroxylation is 1. The molecular weight excluding hydrogens is 395 g/mol. The summed E-state index contributed by atoms with van der Waals surface area (Å²) in [5.41, 5.74) is -1.06. The maximum absolute atomic E-state index is 12.9. The summed E-state index contributed by atoms with van der Waals surface area (Å²) in [7, 11) is -2.70. The third-order valence-corrected chi connectivity index (χ3v) is 6.28. The summed E-state index contributed by atoms with van der Waals surface area (Å²) in [6, 6.07) is 8.65. The van der Waals surface area contributed by atoms with Gasteiger partial charge in [0, 0.05) is 6.54 Å². The van der Waals surface area contributed by atoms with Gasteiger partial charge in [-0.3, -0.25) is 0 Å². The van der Waals surface area contributed by atoms with Crippen LogP contribution >= 0.6 is 0 Å². The van der Waals surface area contributed by atoms with E-state index in [1.807, 2.05) is 0 Å². The molecular formula is C19H20F3NO4S. The molecule has 1 aliphatic rings. The van der Waals surface area contributed by atoms with Crippen LogP contribution in [0.5, 0.6) is 5.75 Å². The van der Waals surface area contributed by atoms with Crippen molar-refractivity contribution < 1.29 is 31.4 Å². The van der Waals surface area contributed by atoms with Crippen LogP contribution in [0.1, 0.15) is 29.5 Å². The molecule has 0 saturated heterocycles. The van der Waals surface area contributed by atoms with Crippen LogP contribution in [0.25, 0.3) is 0 Å². The number of hydrogen-bond acceptors (Lipinski definition) is 4. The zero-order valence-electron chi connectivity index (χ0n) is 15.1. The van der Waals surface area contributed by atoms with Crippen LogP contribution in [0.3, 0.4) is 0 Å². The minimum absolute atomic E-state index is 0.331. The fourth-order valence-electron chi connectivity index (χ4n) is 3.38. The fraction of sp³-hybridized carbons (Fsp3) is 0.368. The highest BCUT2D eigenvalue weighted by atomic mass is 32.2. The number of ether oxygens (including phenoxy) is 1. The number of benzene rings is 2. The van der Waals surface area contributed by atoms with Gasteiger partial charge in [0.1, 0.15) is 11.4 Å². The number of rotatable bonds is 5. The van der Waals surface area contributed by atoms with Crippen molar-refractivity contribution in [2.45, 2.75) is 35.9 Å². The molecule has 0 aliphatic heterocycles. The lowest BCUT2D eigenvalue weighted by molar-refractivity contribution is -0.137. The average molecular weight is 415 g/mol. The van der Waals surface area contributed by atoms with E-state index in [1.165, 1.54) is 7.11 Å². The van der Waals surface area contributed by atoms with Crippen molar-refractivity contribution in [3.8, 4) is 5.75 Å². The predicted molar refractivity (Wildman–Crippen MR) is 96.5 cm³/mol. The monoisotopic (exact) mass is 415 g/mol. The van der Waals surface area contributed by atoms with Gasteiger partial charge in [0.15, 0.2) is 0 Å². The molecule has 2 aromatic rings. The number of nitrogens with one attached hydrogen (secondary N) is 1. The van der Waals surface area contributed by atoms with Gasteiger partial charge in [-0.25, -0.2) is 13.1 Å². The number of sulfonamides is 1. The van der Waals surface area contributed by atoms with Crippen LogP contribution in [0.2, 0.25) is 0 Å². The lowest BCUT2D eigenvalue weighted by Crippen LogP contribution is -2.43. The van der Waals surface area contributed by atoms with Gasteiger partial charge in [-0.2, -0.15) is 13.2 Å². The van der Waals surface area contributed by atoms with Crippen LogP contribution in [0.15, 0.2) is 47.4 Å². The van der Waals surface area contributed by atoms with E-state index in [0.29, 0.717) is 30.2 Å². The van der Waals surface area contributed by atoms with Crippen molar-refractivity contribution >= 4 is 10.0 Å². The Kier molecular flexibility index (Phi) is 5.44. The van der Waals surface area contributed by atoms with E-state index in [-0.39, 0.29) is 6.54 Å². The molecule has 0 heterocycles. The third-order valence-electron chi connectivity index (χ3n) is 4.88. The van der Waals surface area contributed by atoms with Gasteiger partial charge in [-0.15, -0.1) is 0 Å². The maximum Gasteiger partial charge on any atom is 0.416 e. The number of alkyl halides is 3. The molecule has 0 fully saturated rings. The molecule has 1 atom stereocenters. The molecule has 0 radical (unpaired) electrons. The minimum Gasteiger partial charge on any atom is -0.497 e. The number of hydrogen-bond donors (Lipinski definition) is 2. The molecule has 0 aromatic heterocycles. The first-order chi connectivity index (χ1) is 13.0. The van der Waals surface area contributed by atoms with Crippen LogP contribution in [-0.4, -0.2) is 27.2 Å². The van der Waals surface area contributed by atoms with E-state index in [4.69, 9.17) is 4.74 Å². The average Bonchev–Trinajstić information content (AvgIpc) is 2.66. The van der Waals surface area contributed by atoms with Gasteiger partial charge in [-0.1, -0.05) is 12.1 Å². The number of fused-ring (bicyclic) bond motifs is 1. The van der Waals surface area contributed by atoms with Crippen molar-refractivity contribution in [1.29, 1.82) is 0 Å². The van der Waals surface area contributed by atoms with E-state index < -0.39 is 32.3 Å². The van der Waals surface area contributed by atoms with Crippen molar-refractivity contribution in [2.24, 2.45) is 0 Å². The summed E-state index contributed by atoms with van der Waals surface area (Å²) >= 11 is 0. The fourth-order valence-corrected chi connectivity index (χ4v) is 4.52. The zero-order valence-corrected chi connectivity index (χ0v) is 15.9. The molecule has 0 saturated carbocycles. The van der Waals surface area contributed by atoms with Gasteiger partial charge < -0.3 is 9.84 Å². The Balaban J connectivity index is 1.84. The molecule has 5 nitrogen and oxygen atoms in total. The first kappa shape index (κ1) is 20.6. The minimum atomic E-state index is -4.65. The first-order valence-corrected chi connectivity index (χ1v) is 10.1. The SMILES string of the molecule is COc1ccc2c(c1)CCC[C@@]2(O)CNS(=O)(=O)c1cccc(C(F)(F)F)c1. The Morgan fingerprint density at radius 3 is 2.64 bits per heavy atom. The van der Waals surface area contributed by atoms with Gasteiger partial charge in [0.25, 0.3) is 0 Å². The second kappa shape index (κ2) is 7.38. The highest BCUT2D eigenvalue weighted by molar-refractivity contribution is 7.89. The molecule has 0 bridgehead atoms. The lowest BCUT2D eigenvalue weighted by Gasteiger charge is -2.34. The molecule has 9 heteroatoms. The van der Waals surface area contributed by atoms with E-state index in [0.717, 1.165) is 30.2 Å². The number of methoxy groups -OCH3 is 1. The standard InChI is InChI=1S/C19H20F3NO4S/c1-27-15-7-8-17-13(10-15)4-3-9-18(17,24)12-23-28(25,26)16-6-2-5-14(11-16)19(20,21)22/h2,5-8,10-11,23-24H,3-4,9,12H2,1H3/t18-/m1/s1. The Hall–Kier alpha value is -2.10. The molecule has 0 amide bonds. The molecule has 1 aliphatic carbocycles. The smallest absolute Gasteiger partial charge is 0.416 e. The second-order valence-electron chi connectivity index (χ2n) is 6.76. The normalized spacial score (nSPS) is 19.9. The molecule has 2 aromatic carbocycles. The first-order valence-electron chi connectivity index (χ1n) is 8.62. The van der Waals surface area contributed by atoms with Crippen LogP contribution in [-0.2, 0) is 28.2 Å². The molecule has 3 rings (SSSR count). The van der Waals surface area contributed by atoms with E-state index in [9.17, 15) is 26.7 Å². The Labute approximate surface area is 161 Å². The summed E-state index contributed by atoms with van der Waals surface area (Å²) < 4.78 is 71.0. The van der Waals surface area contributed by atoms with Crippen LogP contribution in [0.4, 0.5) is 13.2 Å². The van der Waals surface area contributed by atoms with E-state index in [1.54, 1.807) is 18.2 Å². The summed E-state index contributed by atoms with van der Waals surface area (Å²) in [5.74, 6) is 0.632. The molecule has 28 heavy (non-hydrogen) atoms. The summed E-state index contributed by atoms with van der Waals surface area (Å²) in [4.78, 5) is -0.503. The molecule has 2 N–H and O–H groups in total. The topological polar surface area (TPSA) is 75.6 Å². The Morgan fingerprint density at radius 2 is 1.96 bits per heavy atom. The molecule has 0 spiro atoms. The Bertz CT molecular complexity index is 975. The van der Waals surface area contributed by atoms with E-state index >= 15 is 0 Å². The largest absolute Gasteiger partial charge is 0.497 e. The van der Waals surface area contributed by atoms with Gasteiger partial charge in [0.2, 0.25) is 10.0 Å². The molecule has 152 valence electrons. The second-order valence-corrected chi connectivity index (χ2v) is 8.53. The summed E-state index contributed by atoms with van der Waals surface area (Å²) in [6.45, 7) is -0.342. The summed E-state index contributed by atoms with van der Waals surface area (Å²) in [5, 5.41) is 11.0.